The fraction of sp³-hybridized carbons (Fsp3) is 0.222. The molecule has 1 fully saturated rings. The van der Waals surface area contributed by atoms with Gasteiger partial charge in [-0.2, -0.15) is 0 Å². The molecule has 1 aliphatic rings. The maximum Gasteiger partial charge on any atom is 0.379 e. The number of carbonyl (C=O) groups excluding carboxylic acids is 3. The number of hydrogen-bond acceptors (Lipinski definition) is 7. The predicted octanol–water partition coefficient (Wildman–Crippen LogP) is 6.05. The van der Waals surface area contributed by atoms with Gasteiger partial charge in [-0.25, -0.2) is 4.79 Å². The number of thioether (sulfide) groups is 1. The van der Waals surface area contributed by atoms with E-state index in [4.69, 9.17) is 13.9 Å². The molecule has 0 N–H and O–H groups in total. The highest BCUT2D eigenvalue weighted by Gasteiger charge is 2.34. The normalized spacial score (nSPS) is 14.7. The first-order chi connectivity index (χ1) is 16.8. The van der Waals surface area contributed by atoms with Gasteiger partial charge in [-0.05, 0) is 77.7 Å². The fourth-order valence-corrected chi connectivity index (χ4v) is 4.42. The number of amides is 2. The van der Waals surface area contributed by atoms with Crippen LogP contribution in [0, 0.1) is 6.92 Å². The van der Waals surface area contributed by atoms with E-state index in [9.17, 15) is 14.4 Å². The Kier molecular flexibility index (Phi) is 7.41. The van der Waals surface area contributed by atoms with Crippen LogP contribution in [-0.2, 0) is 4.79 Å². The zero-order valence-electron chi connectivity index (χ0n) is 19.6. The van der Waals surface area contributed by atoms with Crippen molar-refractivity contribution in [1.29, 1.82) is 0 Å². The summed E-state index contributed by atoms with van der Waals surface area (Å²) in [5.74, 6) is 0.441. The topological polar surface area (TPSA) is 86.0 Å². The van der Waals surface area contributed by atoms with Crippen LogP contribution in [0.25, 0.3) is 6.08 Å². The van der Waals surface area contributed by atoms with Crippen LogP contribution in [0.1, 0.15) is 47.0 Å². The minimum Gasteiger partial charge on any atom is -0.491 e. The Labute approximate surface area is 207 Å². The third-order valence-electron chi connectivity index (χ3n) is 5.33. The third-order valence-corrected chi connectivity index (χ3v) is 6.23. The molecule has 1 aliphatic heterocycles. The molecular formula is C27H25NO6S. The molecular weight excluding hydrogens is 466 g/mol. The Morgan fingerprint density at radius 2 is 1.94 bits per heavy atom. The Balaban J connectivity index is 1.40. The van der Waals surface area contributed by atoms with Crippen molar-refractivity contribution in [2.75, 3.05) is 13.2 Å². The van der Waals surface area contributed by atoms with Crippen molar-refractivity contribution in [3.63, 3.8) is 0 Å². The van der Waals surface area contributed by atoms with E-state index >= 15 is 0 Å². The summed E-state index contributed by atoms with van der Waals surface area (Å²) in [6.45, 7) is 6.52. The van der Waals surface area contributed by atoms with Crippen LogP contribution in [0.15, 0.2) is 70.2 Å². The van der Waals surface area contributed by atoms with E-state index in [2.05, 4.69) is 13.8 Å². The number of aryl methyl sites for hydroxylation is 1. The van der Waals surface area contributed by atoms with Crippen LogP contribution in [-0.4, -0.2) is 35.2 Å². The van der Waals surface area contributed by atoms with Crippen LogP contribution >= 0.6 is 11.8 Å². The average molecular weight is 492 g/mol. The van der Waals surface area contributed by atoms with Gasteiger partial charge in [0.1, 0.15) is 18.1 Å². The van der Waals surface area contributed by atoms with Crippen molar-refractivity contribution < 1.29 is 28.3 Å². The summed E-state index contributed by atoms with van der Waals surface area (Å²) < 4.78 is 16.3. The van der Waals surface area contributed by atoms with Crippen molar-refractivity contribution in [2.24, 2.45) is 0 Å². The van der Waals surface area contributed by atoms with Crippen LogP contribution in [0.3, 0.4) is 0 Å². The smallest absolute Gasteiger partial charge is 0.379 e. The van der Waals surface area contributed by atoms with E-state index in [1.807, 2.05) is 25.1 Å². The molecule has 4 rings (SSSR count). The van der Waals surface area contributed by atoms with E-state index in [1.165, 1.54) is 17.2 Å². The minimum atomic E-state index is -0.623. The molecule has 0 radical (unpaired) electrons. The van der Waals surface area contributed by atoms with E-state index in [1.54, 1.807) is 36.4 Å². The summed E-state index contributed by atoms with van der Waals surface area (Å²) in [6, 6.07) is 15.8. The Bertz CT molecular complexity index is 1280. The van der Waals surface area contributed by atoms with Crippen molar-refractivity contribution in [2.45, 2.75) is 26.7 Å². The van der Waals surface area contributed by atoms with Gasteiger partial charge in [0.05, 0.1) is 17.7 Å². The number of imide groups is 1. The van der Waals surface area contributed by atoms with Gasteiger partial charge in [0, 0.05) is 0 Å². The average Bonchev–Trinajstić information content (AvgIpc) is 3.44. The summed E-state index contributed by atoms with van der Waals surface area (Å²) in [6.07, 6.45) is 2.99. The molecule has 2 heterocycles. The number of esters is 1. The minimum absolute atomic E-state index is 0.0879. The fourth-order valence-electron chi connectivity index (χ4n) is 3.55. The van der Waals surface area contributed by atoms with Gasteiger partial charge >= 0.3 is 5.97 Å². The predicted molar refractivity (Wildman–Crippen MR) is 134 cm³/mol. The second-order valence-corrected chi connectivity index (χ2v) is 9.31. The number of nitrogens with zero attached hydrogens (tertiary/aromatic N) is 1. The van der Waals surface area contributed by atoms with Crippen molar-refractivity contribution >= 4 is 35.0 Å². The largest absolute Gasteiger partial charge is 0.491 e. The van der Waals surface area contributed by atoms with Crippen LogP contribution in [0.5, 0.6) is 11.5 Å². The summed E-state index contributed by atoms with van der Waals surface area (Å²) in [5.41, 5.74) is 2.78. The van der Waals surface area contributed by atoms with Gasteiger partial charge in [-0.15, -0.1) is 0 Å². The highest BCUT2D eigenvalue weighted by molar-refractivity contribution is 8.18. The number of hydrogen-bond donors (Lipinski definition) is 0. The molecule has 0 atom stereocenters. The Morgan fingerprint density at radius 1 is 1.11 bits per heavy atom. The lowest BCUT2D eigenvalue weighted by Crippen LogP contribution is -2.32. The van der Waals surface area contributed by atoms with Crippen molar-refractivity contribution in [1.82, 2.24) is 4.90 Å². The van der Waals surface area contributed by atoms with Crippen molar-refractivity contribution in [3.8, 4) is 11.5 Å². The highest BCUT2D eigenvalue weighted by Crippen LogP contribution is 2.33. The molecule has 7 nitrogen and oxygen atoms in total. The summed E-state index contributed by atoms with van der Waals surface area (Å²) in [5, 5.41) is -0.349. The first-order valence-corrected chi connectivity index (χ1v) is 12.0. The number of benzene rings is 2. The molecule has 8 heteroatoms. The lowest BCUT2D eigenvalue weighted by Gasteiger charge is -2.17. The van der Waals surface area contributed by atoms with Crippen LogP contribution < -0.4 is 9.47 Å². The van der Waals surface area contributed by atoms with Gasteiger partial charge in [-0.1, -0.05) is 38.1 Å². The molecule has 0 bridgehead atoms. The molecule has 1 aromatic heterocycles. The van der Waals surface area contributed by atoms with Gasteiger partial charge in [0.25, 0.3) is 11.1 Å². The second-order valence-electron chi connectivity index (χ2n) is 8.32. The van der Waals surface area contributed by atoms with E-state index in [-0.39, 0.29) is 30.1 Å². The maximum atomic E-state index is 12.9. The Hall–Kier alpha value is -3.78. The monoisotopic (exact) mass is 491 g/mol. The summed E-state index contributed by atoms with van der Waals surface area (Å²) in [4.78, 5) is 38.9. The summed E-state index contributed by atoms with van der Waals surface area (Å²) in [7, 11) is 0. The molecule has 180 valence electrons. The van der Waals surface area contributed by atoms with Gasteiger partial charge < -0.3 is 13.9 Å². The molecule has 2 aromatic carbocycles. The molecule has 0 aliphatic carbocycles. The third kappa shape index (κ3) is 5.84. The lowest BCUT2D eigenvalue weighted by atomic mass is 10.0. The Morgan fingerprint density at radius 3 is 2.69 bits per heavy atom. The quantitative estimate of drug-likeness (QED) is 0.215. The highest BCUT2D eigenvalue weighted by atomic mass is 32.2. The summed E-state index contributed by atoms with van der Waals surface area (Å²) >= 11 is 0.871. The number of furan rings is 1. The van der Waals surface area contributed by atoms with Crippen LogP contribution in [0.2, 0.25) is 0 Å². The molecule has 0 unspecified atom stereocenters. The first-order valence-electron chi connectivity index (χ1n) is 11.2. The zero-order chi connectivity index (χ0) is 24.9. The number of carbonyl (C=O) groups is 3. The second kappa shape index (κ2) is 10.7. The molecule has 1 saturated heterocycles. The molecule has 0 saturated carbocycles. The van der Waals surface area contributed by atoms with Crippen molar-refractivity contribution in [3.05, 3.63) is 88.2 Å². The number of ether oxygens (including phenoxy) is 2. The van der Waals surface area contributed by atoms with E-state index < -0.39 is 5.97 Å². The molecule has 0 spiro atoms. The zero-order valence-corrected chi connectivity index (χ0v) is 20.5. The van der Waals surface area contributed by atoms with Crippen LogP contribution in [0.4, 0.5) is 4.79 Å². The number of rotatable bonds is 8. The standard InChI is InChI=1S/C27H25NO6S/c1-17(2)21-10-9-18(3)14-23(21)33-13-11-28-25(29)24(35-27(28)31)16-19-6-4-7-20(15-19)34-26(30)22-8-5-12-32-22/h4-10,12,14-17H,11,13H2,1-3H3/b24-16-. The lowest BCUT2D eigenvalue weighted by molar-refractivity contribution is -0.123. The van der Waals surface area contributed by atoms with Gasteiger partial charge in [-0.3, -0.25) is 14.5 Å². The first kappa shape index (κ1) is 24.3. The molecule has 2 amide bonds. The molecule has 35 heavy (non-hydrogen) atoms. The SMILES string of the molecule is Cc1ccc(C(C)C)c(OCCN2C(=O)S/C(=C\c3cccc(OC(=O)c4ccco4)c3)C2=O)c1. The maximum absolute atomic E-state index is 12.9. The molecule has 3 aromatic rings. The van der Waals surface area contributed by atoms with E-state index in [0.717, 1.165) is 28.6 Å². The van der Waals surface area contributed by atoms with E-state index in [0.29, 0.717) is 22.1 Å². The van der Waals surface area contributed by atoms with Gasteiger partial charge in [0.2, 0.25) is 5.76 Å². The van der Waals surface area contributed by atoms with Gasteiger partial charge in [0.15, 0.2) is 0 Å².